The van der Waals surface area contributed by atoms with Gasteiger partial charge >= 0.3 is 12.1 Å². The number of hydrogen-bond donors (Lipinski definition) is 1. The Morgan fingerprint density at radius 3 is 2.40 bits per heavy atom. The van der Waals surface area contributed by atoms with Gasteiger partial charge in [0.15, 0.2) is 0 Å². The lowest BCUT2D eigenvalue weighted by Crippen LogP contribution is -2.43. The van der Waals surface area contributed by atoms with Crippen molar-refractivity contribution in [3.8, 4) is 5.75 Å². The average Bonchev–Trinajstić information content (AvgIpc) is 3.33. The Morgan fingerprint density at radius 2 is 1.74 bits per heavy atom. The van der Waals surface area contributed by atoms with E-state index in [1.165, 1.54) is 7.11 Å². The zero-order chi connectivity index (χ0) is 31.1. The minimum absolute atomic E-state index is 0.0724. The second kappa shape index (κ2) is 14.1. The molecule has 228 valence electrons. The molecular formula is C32H35Cl2N3O6. The molecule has 1 aliphatic heterocycles. The van der Waals surface area contributed by atoms with E-state index in [0.717, 1.165) is 11.1 Å². The van der Waals surface area contributed by atoms with Crippen molar-refractivity contribution < 1.29 is 28.6 Å². The molecule has 0 bridgehead atoms. The van der Waals surface area contributed by atoms with Crippen LogP contribution in [0.25, 0.3) is 0 Å². The molecule has 1 unspecified atom stereocenters. The second-order valence-electron chi connectivity index (χ2n) is 11.2. The number of fused-ring (bicyclic) bond motifs is 1. The first-order valence-corrected chi connectivity index (χ1v) is 14.7. The van der Waals surface area contributed by atoms with E-state index in [0.29, 0.717) is 37.4 Å². The SMILES string of the molecule is COC(=O)[C@H](Cc1ccc(OCCCC2Cc3cccnc3N2C(=O)OC(C)(C)C)cc1)NC(=O)c1c(Cl)cccc1Cl. The first-order chi connectivity index (χ1) is 20.5. The first-order valence-electron chi connectivity index (χ1n) is 14.0. The highest BCUT2D eigenvalue weighted by Gasteiger charge is 2.37. The molecule has 0 saturated heterocycles. The molecule has 1 aliphatic rings. The normalized spacial score (nSPS) is 14.9. The van der Waals surface area contributed by atoms with Crippen LogP contribution in [0.15, 0.2) is 60.8 Å². The summed E-state index contributed by atoms with van der Waals surface area (Å²) >= 11 is 12.3. The first kappa shape index (κ1) is 32.1. The van der Waals surface area contributed by atoms with Gasteiger partial charge in [0, 0.05) is 18.7 Å². The number of ether oxygens (including phenoxy) is 3. The third-order valence-electron chi connectivity index (χ3n) is 6.80. The number of hydrogen-bond acceptors (Lipinski definition) is 7. The number of carbonyl (C=O) groups excluding carboxylic acids is 3. The van der Waals surface area contributed by atoms with E-state index < -0.39 is 29.6 Å². The van der Waals surface area contributed by atoms with E-state index in [9.17, 15) is 14.4 Å². The van der Waals surface area contributed by atoms with E-state index in [4.69, 9.17) is 37.4 Å². The summed E-state index contributed by atoms with van der Waals surface area (Å²) in [6, 6.07) is 14.8. The fourth-order valence-corrected chi connectivity index (χ4v) is 5.42. The molecule has 2 aromatic carbocycles. The highest BCUT2D eigenvalue weighted by Crippen LogP contribution is 2.33. The minimum Gasteiger partial charge on any atom is -0.494 e. The number of benzene rings is 2. The molecule has 11 heteroatoms. The molecule has 0 fully saturated rings. The molecule has 0 saturated carbocycles. The highest BCUT2D eigenvalue weighted by molar-refractivity contribution is 6.39. The lowest BCUT2D eigenvalue weighted by atomic mass is 10.0. The number of nitrogens with one attached hydrogen (secondary N) is 1. The molecule has 0 aliphatic carbocycles. The van der Waals surface area contributed by atoms with Gasteiger partial charge in [-0.15, -0.1) is 0 Å². The zero-order valence-electron chi connectivity index (χ0n) is 24.6. The van der Waals surface area contributed by atoms with Gasteiger partial charge in [-0.25, -0.2) is 14.6 Å². The van der Waals surface area contributed by atoms with Crippen molar-refractivity contribution in [1.29, 1.82) is 0 Å². The molecule has 1 N–H and O–H groups in total. The monoisotopic (exact) mass is 627 g/mol. The van der Waals surface area contributed by atoms with Gasteiger partial charge in [0.25, 0.3) is 5.91 Å². The quantitative estimate of drug-likeness (QED) is 0.204. The van der Waals surface area contributed by atoms with Crippen LogP contribution in [0.5, 0.6) is 5.75 Å². The van der Waals surface area contributed by atoms with Crippen LogP contribution in [-0.2, 0) is 27.1 Å². The van der Waals surface area contributed by atoms with Crippen LogP contribution in [0, 0.1) is 0 Å². The summed E-state index contributed by atoms with van der Waals surface area (Å²) in [5.41, 5.74) is 1.29. The minimum atomic E-state index is -0.949. The second-order valence-corrected chi connectivity index (χ2v) is 12.0. The van der Waals surface area contributed by atoms with Gasteiger partial charge in [-0.3, -0.25) is 9.69 Å². The van der Waals surface area contributed by atoms with Crippen LogP contribution in [0.2, 0.25) is 10.0 Å². The maximum Gasteiger partial charge on any atom is 0.416 e. The van der Waals surface area contributed by atoms with Crippen molar-refractivity contribution in [1.82, 2.24) is 10.3 Å². The van der Waals surface area contributed by atoms with Crippen LogP contribution in [0.1, 0.15) is 55.1 Å². The molecule has 2 amide bonds. The lowest BCUT2D eigenvalue weighted by Gasteiger charge is -2.28. The molecule has 1 aromatic heterocycles. The molecular weight excluding hydrogens is 593 g/mol. The fraction of sp³-hybridized carbons (Fsp3) is 0.375. The largest absolute Gasteiger partial charge is 0.494 e. The Labute approximate surface area is 261 Å². The van der Waals surface area contributed by atoms with Crippen LogP contribution in [0.3, 0.4) is 0 Å². The third-order valence-corrected chi connectivity index (χ3v) is 7.43. The van der Waals surface area contributed by atoms with Crippen LogP contribution in [0.4, 0.5) is 10.6 Å². The van der Waals surface area contributed by atoms with E-state index >= 15 is 0 Å². The smallest absolute Gasteiger partial charge is 0.416 e. The Hall–Kier alpha value is -3.82. The van der Waals surface area contributed by atoms with E-state index in [1.54, 1.807) is 41.4 Å². The Morgan fingerprint density at radius 1 is 1.05 bits per heavy atom. The highest BCUT2D eigenvalue weighted by atomic mass is 35.5. The van der Waals surface area contributed by atoms with Crippen molar-refractivity contribution in [3.63, 3.8) is 0 Å². The summed E-state index contributed by atoms with van der Waals surface area (Å²) in [5, 5.41) is 3.04. The van der Waals surface area contributed by atoms with Gasteiger partial charge in [0.05, 0.1) is 29.3 Å². The molecule has 9 nitrogen and oxygen atoms in total. The predicted octanol–water partition coefficient (Wildman–Crippen LogP) is 6.43. The van der Waals surface area contributed by atoms with E-state index in [1.807, 2.05) is 45.0 Å². The summed E-state index contributed by atoms with van der Waals surface area (Å²) in [5.74, 6) is 0.138. The molecule has 2 atom stereocenters. The Balaban J connectivity index is 1.31. The maximum atomic E-state index is 13.0. The van der Waals surface area contributed by atoms with Gasteiger partial charge in [-0.1, -0.05) is 47.5 Å². The van der Waals surface area contributed by atoms with Crippen molar-refractivity contribution in [2.45, 2.75) is 64.1 Å². The predicted molar refractivity (Wildman–Crippen MR) is 165 cm³/mol. The number of halogens is 2. The van der Waals surface area contributed by atoms with Crippen LogP contribution in [-0.4, -0.2) is 54.4 Å². The Bertz CT molecular complexity index is 1440. The molecule has 43 heavy (non-hydrogen) atoms. The van der Waals surface area contributed by atoms with Crippen molar-refractivity contribution in [3.05, 3.63) is 87.5 Å². The van der Waals surface area contributed by atoms with Crippen molar-refractivity contribution >= 4 is 47.0 Å². The van der Waals surface area contributed by atoms with Crippen molar-refractivity contribution in [2.24, 2.45) is 0 Å². The average molecular weight is 629 g/mol. The van der Waals surface area contributed by atoms with Gasteiger partial charge in [-0.2, -0.15) is 0 Å². The van der Waals surface area contributed by atoms with Crippen LogP contribution >= 0.6 is 23.2 Å². The lowest BCUT2D eigenvalue weighted by molar-refractivity contribution is -0.142. The summed E-state index contributed by atoms with van der Waals surface area (Å²) in [6.07, 6.45) is 3.60. The Kier molecular flexibility index (Phi) is 10.5. The van der Waals surface area contributed by atoms with Crippen LogP contribution < -0.4 is 15.0 Å². The number of aromatic nitrogens is 1. The number of esters is 1. The van der Waals surface area contributed by atoms with Gasteiger partial charge in [0.1, 0.15) is 23.2 Å². The number of pyridine rings is 1. The molecule has 2 heterocycles. The number of rotatable bonds is 10. The van der Waals surface area contributed by atoms with E-state index in [2.05, 4.69) is 10.3 Å². The molecule has 3 aromatic rings. The third kappa shape index (κ3) is 8.39. The number of nitrogens with zero attached hydrogens (tertiary/aromatic N) is 2. The standard InChI is InChI=1S/C32H35Cl2N3O6/c1-32(2,3)43-31(40)37-22(19-21-8-6-16-35-28(21)37)9-7-17-42-23-14-12-20(13-15-23)18-26(30(39)41-4)36-29(38)27-24(33)10-5-11-25(27)34/h5-6,8,10-16,22,26H,7,9,17-19H2,1-4H3,(H,36,38)/t22?,26-/m0/s1. The van der Waals surface area contributed by atoms with Gasteiger partial charge < -0.3 is 19.5 Å². The fourth-order valence-electron chi connectivity index (χ4n) is 4.85. The number of methoxy groups -OCH3 is 1. The molecule has 0 radical (unpaired) electrons. The summed E-state index contributed by atoms with van der Waals surface area (Å²) in [4.78, 5) is 44.4. The summed E-state index contributed by atoms with van der Waals surface area (Å²) < 4.78 is 16.5. The summed E-state index contributed by atoms with van der Waals surface area (Å²) in [6.45, 7) is 5.98. The van der Waals surface area contributed by atoms with Gasteiger partial charge in [0.2, 0.25) is 0 Å². The van der Waals surface area contributed by atoms with Crippen molar-refractivity contribution in [2.75, 3.05) is 18.6 Å². The number of anilines is 1. The maximum absolute atomic E-state index is 13.0. The number of carbonyl (C=O) groups is 3. The molecule has 0 spiro atoms. The van der Waals surface area contributed by atoms with Gasteiger partial charge in [-0.05, 0) is 81.5 Å². The number of amides is 2. The van der Waals surface area contributed by atoms with E-state index in [-0.39, 0.29) is 28.1 Å². The summed E-state index contributed by atoms with van der Waals surface area (Å²) in [7, 11) is 1.26. The topological polar surface area (TPSA) is 107 Å². The molecule has 4 rings (SSSR count). The zero-order valence-corrected chi connectivity index (χ0v) is 26.1.